The van der Waals surface area contributed by atoms with Crippen LogP contribution >= 0.6 is 0 Å². The monoisotopic (exact) mass is 281 g/mol. The maximum Gasteiger partial charge on any atom is 0.325 e. The number of carbonyl (C=O) groups excluding carboxylic acids is 1. The van der Waals surface area contributed by atoms with Gasteiger partial charge in [-0.1, -0.05) is 13.8 Å². The van der Waals surface area contributed by atoms with Gasteiger partial charge < -0.3 is 9.84 Å². The summed E-state index contributed by atoms with van der Waals surface area (Å²) >= 11 is 0. The van der Waals surface area contributed by atoms with E-state index in [1.165, 1.54) is 6.92 Å². The van der Waals surface area contributed by atoms with Crippen LogP contribution in [-0.2, 0) is 19.6 Å². The Morgan fingerprint density at radius 2 is 2.00 bits per heavy atom. The summed E-state index contributed by atoms with van der Waals surface area (Å²) in [5.74, 6) is -0.782. The molecule has 18 heavy (non-hydrogen) atoms. The Kier molecular flexibility index (Phi) is 6.80. The third kappa shape index (κ3) is 5.79. The van der Waals surface area contributed by atoms with Gasteiger partial charge in [0.15, 0.2) is 5.25 Å². The zero-order valence-corrected chi connectivity index (χ0v) is 12.2. The lowest BCUT2D eigenvalue weighted by Gasteiger charge is -2.25. The van der Waals surface area contributed by atoms with Crippen LogP contribution in [0.15, 0.2) is 0 Å². The maximum atomic E-state index is 11.8. The molecule has 0 saturated carbocycles. The van der Waals surface area contributed by atoms with E-state index >= 15 is 0 Å². The molecule has 0 bridgehead atoms. The highest BCUT2D eigenvalue weighted by Crippen LogP contribution is 2.21. The van der Waals surface area contributed by atoms with Gasteiger partial charge in [0.25, 0.3) is 0 Å². The van der Waals surface area contributed by atoms with Crippen LogP contribution in [0.2, 0.25) is 0 Å². The number of ether oxygens (including phenoxy) is 1. The summed E-state index contributed by atoms with van der Waals surface area (Å²) in [6, 6.07) is 0. The van der Waals surface area contributed by atoms with E-state index in [9.17, 15) is 13.2 Å². The van der Waals surface area contributed by atoms with Crippen LogP contribution in [0.3, 0.4) is 0 Å². The Morgan fingerprint density at radius 3 is 2.44 bits per heavy atom. The SMILES string of the molecule is COC(=O)C(C)S(=O)(=O)NCC(C)(C)CCCO. The number of sulfonamides is 1. The van der Waals surface area contributed by atoms with Gasteiger partial charge in [0.1, 0.15) is 0 Å². The highest BCUT2D eigenvalue weighted by atomic mass is 32.2. The number of esters is 1. The summed E-state index contributed by atoms with van der Waals surface area (Å²) in [5.41, 5.74) is -0.272. The Labute approximate surface area is 109 Å². The molecule has 2 N–H and O–H groups in total. The van der Waals surface area contributed by atoms with Gasteiger partial charge in [-0.3, -0.25) is 4.79 Å². The Hall–Kier alpha value is -0.660. The first-order chi connectivity index (χ1) is 8.16. The molecule has 0 aromatic rings. The van der Waals surface area contributed by atoms with Gasteiger partial charge in [-0.2, -0.15) is 0 Å². The minimum Gasteiger partial charge on any atom is -0.468 e. The molecule has 0 radical (unpaired) electrons. The molecular weight excluding hydrogens is 258 g/mol. The number of rotatable bonds is 8. The molecule has 1 atom stereocenters. The molecule has 0 amide bonds. The van der Waals surface area contributed by atoms with E-state index in [1.54, 1.807) is 0 Å². The minimum absolute atomic E-state index is 0.0781. The van der Waals surface area contributed by atoms with Crippen LogP contribution in [0, 0.1) is 5.41 Å². The van der Waals surface area contributed by atoms with Crippen molar-refractivity contribution >= 4 is 16.0 Å². The van der Waals surface area contributed by atoms with E-state index < -0.39 is 21.2 Å². The molecule has 0 aliphatic heterocycles. The molecule has 0 saturated heterocycles. The summed E-state index contributed by atoms with van der Waals surface area (Å²) in [7, 11) is -2.56. The predicted molar refractivity (Wildman–Crippen MR) is 68.5 cm³/mol. The Bertz CT molecular complexity index is 364. The Morgan fingerprint density at radius 1 is 1.44 bits per heavy atom. The second-order valence-electron chi connectivity index (χ2n) is 5.02. The fourth-order valence-corrected chi connectivity index (χ4v) is 2.55. The number of carbonyl (C=O) groups is 1. The zero-order valence-electron chi connectivity index (χ0n) is 11.4. The van der Waals surface area contributed by atoms with Crippen molar-refractivity contribution in [3.05, 3.63) is 0 Å². The van der Waals surface area contributed by atoms with Gasteiger partial charge in [-0.05, 0) is 25.2 Å². The van der Waals surface area contributed by atoms with Gasteiger partial charge in [0.05, 0.1) is 7.11 Å². The first kappa shape index (κ1) is 17.3. The number of methoxy groups -OCH3 is 1. The molecule has 7 heteroatoms. The van der Waals surface area contributed by atoms with Crippen molar-refractivity contribution < 1.29 is 23.1 Å². The van der Waals surface area contributed by atoms with Crippen molar-refractivity contribution in [2.24, 2.45) is 5.41 Å². The number of aliphatic hydroxyl groups excluding tert-OH is 1. The van der Waals surface area contributed by atoms with Gasteiger partial charge in [0, 0.05) is 13.2 Å². The quantitative estimate of drug-likeness (QED) is 0.623. The number of hydrogen-bond acceptors (Lipinski definition) is 5. The fraction of sp³-hybridized carbons (Fsp3) is 0.909. The van der Waals surface area contributed by atoms with Crippen molar-refractivity contribution in [1.29, 1.82) is 0 Å². The van der Waals surface area contributed by atoms with E-state index in [0.29, 0.717) is 12.8 Å². The van der Waals surface area contributed by atoms with Crippen molar-refractivity contribution in [2.75, 3.05) is 20.3 Å². The molecule has 1 unspecified atom stereocenters. The molecule has 108 valence electrons. The van der Waals surface area contributed by atoms with E-state index in [2.05, 4.69) is 9.46 Å². The summed E-state index contributed by atoms with van der Waals surface area (Å²) in [6.07, 6.45) is 1.31. The number of aliphatic hydroxyl groups is 1. The van der Waals surface area contributed by atoms with Gasteiger partial charge in [-0.25, -0.2) is 13.1 Å². The summed E-state index contributed by atoms with van der Waals surface area (Å²) in [5, 5.41) is 7.52. The normalized spacial score (nSPS) is 14.3. The third-order valence-corrected chi connectivity index (χ3v) is 4.43. The lowest BCUT2D eigenvalue weighted by atomic mass is 9.88. The molecule has 0 rings (SSSR count). The van der Waals surface area contributed by atoms with Crippen LogP contribution in [0.1, 0.15) is 33.6 Å². The molecule has 0 spiro atoms. The van der Waals surface area contributed by atoms with Crippen LogP contribution < -0.4 is 4.72 Å². The molecule has 0 aliphatic carbocycles. The molecular formula is C11H23NO5S. The largest absolute Gasteiger partial charge is 0.468 e. The molecule has 0 aromatic carbocycles. The molecule has 0 heterocycles. The zero-order chi connectivity index (χ0) is 14.4. The standard InChI is InChI=1S/C11H23NO5S/c1-9(10(14)17-4)18(15,16)12-8-11(2,3)6-5-7-13/h9,12-13H,5-8H2,1-4H3. The van der Waals surface area contributed by atoms with E-state index in [0.717, 1.165) is 7.11 Å². The van der Waals surface area contributed by atoms with Crippen molar-refractivity contribution in [1.82, 2.24) is 4.72 Å². The number of hydrogen-bond donors (Lipinski definition) is 2. The maximum absolute atomic E-state index is 11.8. The first-order valence-electron chi connectivity index (χ1n) is 5.83. The second-order valence-corrected chi connectivity index (χ2v) is 7.11. The van der Waals surface area contributed by atoms with Gasteiger partial charge in [-0.15, -0.1) is 0 Å². The van der Waals surface area contributed by atoms with Crippen LogP contribution in [0.5, 0.6) is 0 Å². The fourth-order valence-electron chi connectivity index (χ4n) is 1.36. The lowest BCUT2D eigenvalue weighted by Crippen LogP contribution is -2.42. The van der Waals surface area contributed by atoms with Gasteiger partial charge >= 0.3 is 5.97 Å². The third-order valence-electron chi connectivity index (χ3n) is 2.76. The van der Waals surface area contributed by atoms with E-state index in [-0.39, 0.29) is 18.6 Å². The second kappa shape index (κ2) is 7.06. The van der Waals surface area contributed by atoms with Gasteiger partial charge in [0.2, 0.25) is 10.0 Å². The average molecular weight is 281 g/mol. The van der Waals surface area contributed by atoms with E-state index in [4.69, 9.17) is 5.11 Å². The Balaban J connectivity index is 4.47. The smallest absolute Gasteiger partial charge is 0.325 e. The van der Waals surface area contributed by atoms with Crippen molar-refractivity contribution in [3.8, 4) is 0 Å². The highest BCUT2D eigenvalue weighted by Gasteiger charge is 2.30. The predicted octanol–water partition coefficient (Wildman–Crippen LogP) is 0.266. The molecule has 0 aromatic heterocycles. The highest BCUT2D eigenvalue weighted by molar-refractivity contribution is 7.90. The van der Waals surface area contributed by atoms with Crippen molar-refractivity contribution in [3.63, 3.8) is 0 Å². The summed E-state index contributed by atoms with van der Waals surface area (Å²) in [6.45, 7) is 5.38. The van der Waals surface area contributed by atoms with Crippen LogP contribution in [0.4, 0.5) is 0 Å². The average Bonchev–Trinajstić information content (AvgIpc) is 2.32. The van der Waals surface area contributed by atoms with E-state index in [1.807, 2.05) is 13.8 Å². The lowest BCUT2D eigenvalue weighted by molar-refractivity contribution is -0.139. The van der Waals surface area contributed by atoms with Crippen molar-refractivity contribution in [2.45, 2.75) is 38.9 Å². The summed E-state index contributed by atoms with van der Waals surface area (Å²) < 4.78 is 30.4. The first-order valence-corrected chi connectivity index (χ1v) is 7.38. The van der Waals surface area contributed by atoms with Crippen LogP contribution in [0.25, 0.3) is 0 Å². The molecule has 0 fully saturated rings. The van der Waals surface area contributed by atoms with Crippen LogP contribution in [-0.4, -0.2) is 45.0 Å². The molecule has 0 aliphatic rings. The minimum atomic E-state index is -3.72. The number of nitrogens with one attached hydrogen (secondary N) is 1. The summed E-state index contributed by atoms with van der Waals surface area (Å²) in [4.78, 5) is 11.2. The topological polar surface area (TPSA) is 92.7 Å². The molecule has 6 nitrogen and oxygen atoms in total.